The molecule has 1 aromatic heterocycles. The van der Waals surface area contributed by atoms with Gasteiger partial charge in [0.25, 0.3) is 0 Å². The third-order valence-electron chi connectivity index (χ3n) is 15.1. The number of rotatable bonds is 5. The van der Waals surface area contributed by atoms with Gasteiger partial charge in [-0.05, 0) is 122 Å². The van der Waals surface area contributed by atoms with E-state index in [2.05, 4.69) is 254 Å². The summed E-state index contributed by atoms with van der Waals surface area (Å²) in [4.78, 5) is 4.99. The molecular formula is C64H44N2S. The number of nitrogens with zero attached hydrogens (tertiary/aromatic N) is 2. The minimum atomic E-state index is -0.569. The monoisotopic (exact) mass is 872 g/mol. The van der Waals surface area contributed by atoms with Crippen LogP contribution in [0.2, 0.25) is 0 Å². The van der Waals surface area contributed by atoms with Crippen molar-refractivity contribution in [3.05, 3.63) is 264 Å². The van der Waals surface area contributed by atoms with E-state index in [0.29, 0.717) is 0 Å². The number of thiophene rings is 1. The number of hydrogen-bond donors (Lipinski definition) is 0. The van der Waals surface area contributed by atoms with Gasteiger partial charge in [-0.25, -0.2) is 0 Å². The first-order valence-corrected chi connectivity index (χ1v) is 24.2. The summed E-state index contributed by atoms with van der Waals surface area (Å²) in [5.41, 5.74) is 21.8. The molecule has 316 valence electrons. The molecule has 0 atom stereocenters. The molecule has 3 aliphatic rings. The highest BCUT2D eigenvalue weighted by molar-refractivity contribution is 7.26. The molecular weight excluding hydrogens is 829 g/mol. The van der Waals surface area contributed by atoms with E-state index >= 15 is 0 Å². The van der Waals surface area contributed by atoms with Crippen LogP contribution in [0.1, 0.15) is 47.2 Å². The highest BCUT2D eigenvalue weighted by Gasteiger charge is 2.52. The molecule has 2 nitrogen and oxygen atoms in total. The predicted octanol–water partition coefficient (Wildman–Crippen LogP) is 17.6. The van der Waals surface area contributed by atoms with Gasteiger partial charge >= 0.3 is 0 Å². The molecule has 3 heteroatoms. The molecule has 2 aliphatic carbocycles. The summed E-state index contributed by atoms with van der Waals surface area (Å²) in [6.45, 7) is 4.76. The van der Waals surface area contributed by atoms with Crippen LogP contribution in [0.4, 0.5) is 34.1 Å². The van der Waals surface area contributed by atoms with E-state index in [1.807, 2.05) is 11.3 Å². The summed E-state index contributed by atoms with van der Waals surface area (Å²) in [7, 11) is 0. The Kier molecular flexibility index (Phi) is 8.15. The third kappa shape index (κ3) is 5.26. The fourth-order valence-corrected chi connectivity index (χ4v) is 13.4. The minimum absolute atomic E-state index is 0.157. The number of para-hydroxylation sites is 3. The van der Waals surface area contributed by atoms with E-state index < -0.39 is 5.41 Å². The largest absolute Gasteiger partial charge is 0.310 e. The second kappa shape index (κ2) is 14.3. The van der Waals surface area contributed by atoms with Gasteiger partial charge in [-0.15, -0.1) is 11.3 Å². The molecule has 0 saturated heterocycles. The third-order valence-corrected chi connectivity index (χ3v) is 16.3. The Morgan fingerprint density at radius 2 is 0.970 bits per heavy atom. The van der Waals surface area contributed by atoms with Crippen molar-refractivity contribution in [2.45, 2.75) is 24.7 Å². The quantitative estimate of drug-likeness (QED) is 0.170. The standard InChI is InChI=1S/C64H44N2S/c1-63(2)51-25-9-6-20-46(51)47-39-38-44(40-56(47)63)65(43-36-34-41(35-37-43)45-23-16-24-49-48-21-8-15-33-60(48)67-62(45)49)59-32-17-29-55-61(59)50-22-7-10-26-52(50)64(55)53-27-11-13-30-57(53)66(42-18-4-3-5-19-42)58-31-14-12-28-54(58)64/h3-40H,1-2H3. The molecule has 0 bridgehead atoms. The Bertz CT molecular complexity index is 3760. The summed E-state index contributed by atoms with van der Waals surface area (Å²) in [5, 5.41) is 2.64. The Morgan fingerprint density at radius 3 is 1.75 bits per heavy atom. The summed E-state index contributed by atoms with van der Waals surface area (Å²) in [6, 6.07) is 86.3. The van der Waals surface area contributed by atoms with Crippen LogP contribution in [0.3, 0.4) is 0 Å². The number of benzene rings is 10. The maximum atomic E-state index is 2.54. The molecule has 0 unspecified atom stereocenters. The zero-order valence-corrected chi connectivity index (χ0v) is 38.1. The van der Waals surface area contributed by atoms with Crippen molar-refractivity contribution in [2.75, 3.05) is 9.80 Å². The Labute approximate surface area is 395 Å². The highest BCUT2D eigenvalue weighted by atomic mass is 32.1. The van der Waals surface area contributed by atoms with Crippen molar-refractivity contribution in [3.63, 3.8) is 0 Å². The lowest BCUT2D eigenvalue weighted by atomic mass is 9.64. The van der Waals surface area contributed by atoms with Crippen LogP contribution < -0.4 is 9.80 Å². The smallest absolute Gasteiger partial charge is 0.0755 e. The van der Waals surface area contributed by atoms with Gasteiger partial charge in [0.05, 0.1) is 22.5 Å². The zero-order chi connectivity index (χ0) is 44.4. The summed E-state index contributed by atoms with van der Waals surface area (Å²) in [5.74, 6) is 0. The van der Waals surface area contributed by atoms with Crippen LogP contribution in [0.25, 0.3) is 53.6 Å². The molecule has 0 amide bonds. The van der Waals surface area contributed by atoms with E-state index in [9.17, 15) is 0 Å². The SMILES string of the molecule is CC1(C)c2ccccc2-c2ccc(N(c3ccc(-c4cccc5c4sc4ccccc45)cc3)c3cccc4c3-c3ccccc3C43c4ccccc4N(c4ccccc4)c4ccccc43)cc21. The van der Waals surface area contributed by atoms with Gasteiger partial charge in [-0.3, -0.25) is 0 Å². The molecule has 67 heavy (non-hydrogen) atoms. The van der Waals surface area contributed by atoms with Crippen LogP contribution in [-0.4, -0.2) is 0 Å². The van der Waals surface area contributed by atoms with E-state index in [0.717, 1.165) is 22.7 Å². The van der Waals surface area contributed by atoms with Gasteiger partial charge in [0.2, 0.25) is 0 Å². The summed E-state index contributed by atoms with van der Waals surface area (Å²) in [6.07, 6.45) is 0. The average Bonchev–Trinajstić information content (AvgIpc) is 3.99. The van der Waals surface area contributed by atoms with Crippen LogP contribution in [0.15, 0.2) is 231 Å². The first kappa shape index (κ1) is 38.3. The lowest BCUT2D eigenvalue weighted by Gasteiger charge is -2.45. The van der Waals surface area contributed by atoms with Crippen molar-refractivity contribution in [1.29, 1.82) is 0 Å². The van der Waals surface area contributed by atoms with Crippen molar-refractivity contribution < 1.29 is 0 Å². The van der Waals surface area contributed by atoms with Crippen LogP contribution in [0.5, 0.6) is 0 Å². The fourth-order valence-electron chi connectivity index (χ4n) is 12.2. The summed E-state index contributed by atoms with van der Waals surface area (Å²) >= 11 is 1.89. The van der Waals surface area contributed by atoms with Crippen molar-refractivity contribution >= 4 is 65.6 Å². The van der Waals surface area contributed by atoms with Gasteiger partial charge in [0, 0.05) is 48.2 Å². The second-order valence-corrected chi connectivity index (χ2v) is 19.8. The fraction of sp³-hybridized carbons (Fsp3) is 0.0625. The van der Waals surface area contributed by atoms with Crippen LogP contribution >= 0.6 is 11.3 Å². The molecule has 0 radical (unpaired) electrons. The average molecular weight is 873 g/mol. The van der Waals surface area contributed by atoms with Crippen LogP contribution in [0, 0.1) is 0 Å². The van der Waals surface area contributed by atoms with Gasteiger partial charge in [-0.2, -0.15) is 0 Å². The number of anilines is 6. The lowest BCUT2D eigenvalue weighted by molar-refractivity contribution is 0.660. The van der Waals surface area contributed by atoms with Gasteiger partial charge in [-0.1, -0.05) is 184 Å². The molecule has 0 saturated carbocycles. The number of fused-ring (bicyclic) bond motifs is 15. The van der Waals surface area contributed by atoms with E-state index in [4.69, 9.17) is 0 Å². The molecule has 1 aliphatic heterocycles. The molecule has 0 fully saturated rings. The molecule has 1 spiro atoms. The van der Waals surface area contributed by atoms with E-state index in [-0.39, 0.29) is 5.41 Å². The van der Waals surface area contributed by atoms with Gasteiger partial charge in [0.15, 0.2) is 0 Å². The van der Waals surface area contributed by atoms with Gasteiger partial charge in [0.1, 0.15) is 0 Å². The van der Waals surface area contributed by atoms with Crippen LogP contribution in [-0.2, 0) is 10.8 Å². The van der Waals surface area contributed by atoms with Crippen molar-refractivity contribution in [1.82, 2.24) is 0 Å². The maximum absolute atomic E-state index is 2.54. The molecule has 0 N–H and O–H groups in total. The summed E-state index contributed by atoms with van der Waals surface area (Å²) < 4.78 is 2.65. The molecule has 10 aromatic carbocycles. The number of hydrogen-bond acceptors (Lipinski definition) is 3. The first-order valence-electron chi connectivity index (χ1n) is 23.3. The molecule has 2 heterocycles. The minimum Gasteiger partial charge on any atom is -0.310 e. The Morgan fingerprint density at radius 1 is 0.403 bits per heavy atom. The zero-order valence-electron chi connectivity index (χ0n) is 37.2. The molecule has 14 rings (SSSR count). The topological polar surface area (TPSA) is 6.48 Å². The van der Waals surface area contributed by atoms with Gasteiger partial charge < -0.3 is 9.80 Å². The Balaban J connectivity index is 1.01. The molecule has 11 aromatic rings. The second-order valence-electron chi connectivity index (χ2n) is 18.8. The normalized spacial score (nSPS) is 14.3. The van der Waals surface area contributed by atoms with E-state index in [1.165, 1.54) is 98.3 Å². The van der Waals surface area contributed by atoms with E-state index in [1.54, 1.807) is 0 Å². The highest BCUT2D eigenvalue weighted by Crippen LogP contribution is 2.65. The maximum Gasteiger partial charge on any atom is 0.0755 e. The Hall–Kier alpha value is -7.98. The first-order chi connectivity index (χ1) is 33.0. The lowest BCUT2D eigenvalue weighted by Crippen LogP contribution is -2.36. The van der Waals surface area contributed by atoms with Crippen molar-refractivity contribution in [2.24, 2.45) is 0 Å². The predicted molar refractivity (Wildman–Crippen MR) is 283 cm³/mol. The van der Waals surface area contributed by atoms with Crippen molar-refractivity contribution in [3.8, 4) is 33.4 Å².